The van der Waals surface area contributed by atoms with E-state index in [9.17, 15) is 14.4 Å². The molecule has 0 aromatic carbocycles. The smallest absolute Gasteiger partial charge is 0.321 e. The van der Waals surface area contributed by atoms with Gasteiger partial charge in [-0.3, -0.25) is 9.59 Å². The van der Waals surface area contributed by atoms with Crippen molar-refractivity contribution in [2.75, 3.05) is 12.3 Å². The van der Waals surface area contributed by atoms with Crippen molar-refractivity contribution in [1.29, 1.82) is 0 Å². The van der Waals surface area contributed by atoms with Gasteiger partial charge < -0.3 is 32.7 Å². The Morgan fingerprint density at radius 1 is 1.11 bits per heavy atom. The molecule has 0 aliphatic carbocycles. The van der Waals surface area contributed by atoms with Crippen LogP contribution in [0.1, 0.15) is 12.8 Å². The Bertz CT molecular complexity index is 302. The van der Waals surface area contributed by atoms with E-state index < -0.39 is 30.1 Å². The number of carbonyl (C=O) groups excluding carboxylic acids is 1. The minimum absolute atomic E-state index is 0.190. The summed E-state index contributed by atoms with van der Waals surface area (Å²) in [6, 6.07) is -2.29. The van der Waals surface area contributed by atoms with Crippen LogP contribution in [0.3, 0.4) is 0 Å². The van der Waals surface area contributed by atoms with E-state index in [1.54, 1.807) is 0 Å². The maximum absolute atomic E-state index is 10.2. The van der Waals surface area contributed by atoms with Crippen LogP contribution in [0, 0.1) is 0 Å². The zero-order chi connectivity index (χ0) is 15.4. The monoisotopic (exact) mass is 296 g/mol. The van der Waals surface area contributed by atoms with Gasteiger partial charge in [0, 0.05) is 12.3 Å². The highest BCUT2D eigenvalue weighted by atomic mass is 32.1. The van der Waals surface area contributed by atoms with E-state index in [2.05, 4.69) is 17.9 Å². The highest BCUT2D eigenvalue weighted by molar-refractivity contribution is 7.80. The molecule has 0 heterocycles. The summed E-state index contributed by atoms with van der Waals surface area (Å²) in [6.07, 6.45) is 0.839. The number of carbonyl (C=O) groups is 3. The molecule has 0 unspecified atom stereocenters. The minimum atomic E-state index is -1.03. The molecule has 112 valence electrons. The Hall–Kier alpha value is -1.52. The average molecular weight is 296 g/mol. The first-order valence-corrected chi connectivity index (χ1v) is 5.96. The van der Waals surface area contributed by atoms with Crippen molar-refractivity contribution in [3.05, 3.63) is 0 Å². The van der Waals surface area contributed by atoms with Crippen molar-refractivity contribution >= 4 is 30.6 Å². The fraction of sp³-hybridized carbons (Fsp3) is 0.667. The summed E-state index contributed by atoms with van der Waals surface area (Å²) in [7, 11) is 0. The number of nitrogens with one attached hydrogen (secondary N) is 1. The number of amides is 2. The number of hydrogen-bond donors (Lipinski definition) is 7. The summed E-state index contributed by atoms with van der Waals surface area (Å²) in [5, 5.41) is 18.7. The summed E-state index contributed by atoms with van der Waals surface area (Å²) in [4.78, 5) is 30.1. The lowest BCUT2D eigenvalue weighted by atomic mass is 10.2. The largest absolute Gasteiger partial charge is 0.480 e. The molecule has 0 aliphatic rings. The lowest BCUT2D eigenvalue weighted by molar-refractivity contribution is -0.139. The zero-order valence-corrected chi connectivity index (χ0v) is 11.2. The van der Waals surface area contributed by atoms with Crippen LogP contribution < -0.4 is 22.5 Å². The van der Waals surface area contributed by atoms with Crippen molar-refractivity contribution in [2.24, 2.45) is 17.2 Å². The van der Waals surface area contributed by atoms with Gasteiger partial charge in [0.2, 0.25) is 0 Å². The van der Waals surface area contributed by atoms with Crippen LogP contribution in [0.4, 0.5) is 4.79 Å². The number of hydrogen-bond acceptors (Lipinski definition) is 6. The first-order chi connectivity index (χ1) is 8.72. The van der Waals surface area contributed by atoms with E-state index >= 15 is 0 Å². The SMILES string of the molecule is NC(=O)NCCC[C@H](N)C(=O)O.N[C@@H](CS)C(=O)O. The van der Waals surface area contributed by atoms with Crippen molar-refractivity contribution in [1.82, 2.24) is 5.32 Å². The van der Waals surface area contributed by atoms with E-state index in [4.69, 9.17) is 27.4 Å². The second-order valence-electron chi connectivity index (χ2n) is 3.51. The van der Waals surface area contributed by atoms with Gasteiger partial charge >= 0.3 is 18.0 Å². The first-order valence-electron chi connectivity index (χ1n) is 5.33. The molecular formula is C9H20N4O5S. The molecule has 0 saturated heterocycles. The maximum Gasteiger partial charge on any atom is 0.321 e. The van der Waals surface area contributed by atoms with Crippen LogP contribution in [0.25, 0.3) is 0 Å². The van der Waals surface area contributed by atoms with Crippen molar-refractivity contribution in [2.45, 2.75) is 24.9 Å². The van der Waals surface area contributed by atoms with E-state index in [0.29, 0.717) is 19.4 Å². The molecule has 0 rings (SSSR count). The maximum atomic E-state index is 10.2. The number of primary amides is 1. The molecule has 0 aromatic heterocycles. The molecule has 9 N–H and O–H groups in total. The Balaban J connectivity index is 0. The van der Waals surface area contributed by atoms with Crippen molar-refractivity contribution < 1.29 is 24.6 Å². The lowest BCUT2D eigenvalue weighted by Crippen LogP contribution is -2.33. The Morgan fingerprint density at radius 2 is 1.58 bits per heavy atom. The molecule has 0 saturated carbocycles. The predicted octanol–water partition coefficient (Wildman–Crippen LogP) is -1.83. The molecule has 9 nitrogen and oxygen atoms in total. The lowest BCUT2D eigenvalue weighted by Gasteiger charge is -2.05. The van der Waals surface area contributed by atoms with E-state index in [0.717, 1.165) is 0 Å². The van der Waals surface area contributed by atoms with Crippen molar-refractivity contribution in [3.63, 3.8) is 0 Å². The summed E-state index contributed by atoms with van der Waals surface area (Å²) >= 11 is 3.65. The summed E-state index contributed by atoms with van der Waals surface area (Å²) in [5.41, 5.74) is 14.9. The Morgan fingerprint density at radius 3 is 1.84 bits per heavy atom. The van der Waals surface area contributed by atoms with Gasteiger partial charge in [0.05, 0.1) is 0 Å². The molecule has 0 fully saturated rings. The molecule has 0 bridgehead atoms. The highest BCUT2D eigenvalue weighted by Crippen LogP contribution is 1.92. The molecule has 0 radical (unpaired) electrons. The number of rotatable bonds is 7. The van der Waals surface area contributed by atoms with Crippen LogP contribution >= 0.6 is 12.6 Å². The second-order valence-corrected chi connectivity index (χ2v) is 3.87. The van der Waals surface area contributed by atoms with Crippen molar-refractivity contribution in [3.8, 4) is 0 Å². The van der Waals surface area contributed by atoms with Gasteiger partial charge in [-0.1, -0.05) is 0 Å². The highest BCUT2D eigenvalue weighted by Gasteiger charge is 2.09. The molecule has 0 aliphatic heterocycles. The standard InChI is InChI=1S/C6H13N3O3.C3H7NO2S/c7-4(5(10)11)2-1-3-9-6(8)12;4-2(1-7)3(5)6/h4H,1-3,7H2,(H,10,11)(H3,8,9,12);2,7H,1,4H2,(H,5,6)/t4-;2-/m00/s1. The molecule has 10 heteroatoms. The summed E-state index contributed by atoms with van der Waals surface area (Å²) in [5.74, 6) is -1.85. The molecule has 0 spiro atoms. The number of carboxylic acid groups (broad SMARTS) is 2. The average Bonchev–Trinajstić information content (AvgIpc) is 2.33. The quantitative estimate of drug-likeness (QED) is 0.213. The normalized spacial score (nSPS) is 12.6. The van der Waals surface area contributed by atoms with Gasteiger partial charge in [-0.05, 0) is 12.8 Å². The van der Waals surface area contributed by atoms with E-state index in [-0.39, 0.29) is 5.75 Å². The third-order valence-electron chi connectivity index (χ3n) is 1.82. The summed E-state index contributed by atoms with van der Waals surface area (Å²) in [6.45, 7) is 0.357. The molecule has 0 aromatic rings. The van der Waals surface area contributed by atoms with Gasteiger partial charge in [0.15, 0.2) is 0 Å². The molecule has 2 amide bonds. The first kappa shape index (κ1) is 19.8. The molecule has 2 atom stereocenters. The van der Waals surface area contributed by atoms with E-state index in [1.165, 1.54) is 0 Å². The minimum Gasteiger partial charge on any atom is -0.480 e. The summed E-state index contributed by atoms with van der Waals surface area (Å²) < 4.78 is 0. The van der Waals surface area contributed by atoms with Gasteiger partial charge in [0.1, 0.15) is 12.1 Å². The number of carboxylic acids is 2. The van der Waals surface area contributed by atoms with Gasteiger partial charge in [-0.25, -0.2) is 4.79 Å². The zero-order valence-electron chi connectivity index (χ0n) is 10.3. The van der Waals surface area contributed by atoms with Gasteiger partial charge in [-0.2, -0.15) is 12.6 Å². The fourth-order valence-electron chi connectivity index (χ4n) is 0.735. The van der Waals surface area contributed by atoms with Crippen LogP contribution in [-0.2, 0) is 9.59 Å². The van der Waals surface area contributed by atoms with E-state index in [1.807, 2.05) is 0 Å². The topological polar surface area (TPSA) is 182 Å². The van der Waals surface area contributed by atoms with Crippen LogP contribution in [0.5, 0.6) is 0 Å². The fourth-order valence-corrected chi connectivity index (χ4v) is 0.891. The molecular weight excluding hydrogens is 276 g/mol. The number of urea groups is 1. The molecule has 19 heavy (non-hydrogen) atoms. The Labute approximate surface area is 115 Å². The van der Waals surface area contributed by atoms with Crippen LogP contribution in [0.2, 0.25) is 0 Å². The second kappa shape index (κ2) is 11.6. The van der Waals surface area contributed by atoms with Gasteiger partial charge in [0.25, 0.3) is 0 Å². The van der Waals surface area contributed by atoms with Gasteiger partial charge in [-0.15, -0.1) is 0 Å². The van der Waals surface area contributed by atoms with Crippen LogP contribution in [-0.4, -0.2) is 52.6 Å². The third-order valence-corrected chi connectivity index (χ3v) is 2.22. The Kier molecular flexibility index (Phi) is 12.1. The third kappa shape index (κ3) is 14.4. The number of thiol groups is 1. The number of aliphatic carboxylic acids is 2. The van der Waals surface area contributed by atoms with Crippen LogP contribution in [0.15, 0.2) is 0 Å². The number of nitrogens with two attached hydrogens (primary N) is 3. The predicted molar refractivity (Wildman–Crippen MR) is 71.9 cm³/mol.